The van der Waals surface area contributed by atoms with Gasteiger partial charge in [-0.05, 0) is 23.4 Å². The van der Waals surface area contributed by atoms with E-state index in [1.165, 1.54) is 11.3 Å². The quantitative estimate of drug-likeness (QED) is 0.681. The first kappa shape index (κ1) is 13.7. The molecular weight excluding hydrogens is 240 g/mol. The Hall–Kier alpha value is -1.40. The maximum Gasteiger partial charge on any atom is 0.346 e. The van der Waals surface area contributed by atoms with Crippen LogP contribution in [0.25, 0.3) is 0 Å². The average molecular weight is 256 g/mol. The highest BCUT2D eigenvalue weighted by atomic mass is 32.1. The van der Waals surface area contributed by atoms with E-state index in [-0.39, 0.29) is 12.5 Å². The Morgan fingerprint density at radius 1 is 1.47 bits per heavy atom. The molecule has 0 fully saturated rings. The molecule has 0 saturated carbocycles. The SMILES string of the molecule is CCCNC(=O)CNCc1ccsc1C(=O)O. The second-order valence-corrected chi connectivity index (χ2v) is 4.45. The van der Waals surface area contributed by atoms with Crippen molar-refractivity contribution >= 4 is 23.2 Å². The van der Waals surface area contributed by atoms with Gasteiger partial charge in [0.1, 0.15) is 4.88 Å². The van der Waals surface area contributed by atoms with E-state index in [9.17, 15) is 9.59 Å². The minimum Gasteiger partial charge on any atom is -0.477 e. The molecule has 1 heterocycles. The molecule has 0 atom stereocenters. The van der Waals surface area contributed by atoms with Crippen molar-refractivity contribution in [3.8, 4) is 0 Å². The second kappa shape index (κ2) is 7.03. The summed E-state index contributed by atoms with van der Waals surface area (Å²) in [5.74, 6) is -0.994. The molecule has 1 aromatic rings. The van der Waals surface area contributed by atoms with Crippen LogP contribution in [0, 0.1) is 0 Å². The van der Waals surface area contributed by atoms with Gasteiger partial charge in [0.25, 0.3) is 0 Å². The lowest BCUT2D eigenvalue weighted by Crippen LogP contribution is -2.34. The number of carboxylic acids is 1. The van der Waals surface area contributed by atoms with Gasteiger partial charge in [-0.3, -0.25) is 4.79 Å². The van der Waals surface area contributed by atoms with Crippen LogP contribution in [0.1, 0.15) is 28.6 Å². The van der Waals surface area contributed by atoms with Crippen molar-refractivity contribution < 1.29 is 14.7 Å². The molecule has 17 heavy (non-hydrogen) atoms. The number of aromatic carboxylic acids is 1. The maximum absolute atomic E-state index is 11.3. The number of amides is 1. The summed E-state index contributed by atoms with van der Waals surface area (Å²) in [6.45, 7) is 3.25. The van der Waals surface area contributed by atoms with Gasteiger partial charge in [-0.15, -0.1) is 11.3 Å². The first-order valence-corrected chi connectivity index (χ1v) is 6.30. The number of hydrogen-bond acceptors (Lipinski definition) is 4. The Bertz CT molecular complexity index is 390. The van der Waals surface area contributed by atoms with E-state index in [1.807, 2.05) is 6.92 Å². The lowest BCUT2D eigenvalue weighted by Gasteiger charge is -2.05. The van der Waals surface area contributed by atoms with Gasteiger partial charge in [-0.2, -0.15) is 0 Å². The molecule has 0 unspecified atom stereocenters. The predicted octanol–water partition coefficient (Wildman–Crippen LogP) is 1.06. The van der Waals surface area contributed by atoms with Gasteiger partial charge in [-0.1, -0.05) is 6.92 Å². The number of thiophene rings is 1. The van der Waals surface area contributed by atoms with Crippen molar-refractivity contribution in [1.82, 2.24) is 10.6 Å². The number of carbonyl (C=O) groups is 2. The molecule has 1 amide bonds. The van der Waals surface area contributed by atoms with Gasteiger partial charge < -0.3 is 15.7 Å². The fraction of sp³-hybridized carbons (Fsp3) is 0.455. The summed E-state index contributed by atoms with van der Waals surface area (Å²) in [6, 6.07) is 1.76. The van der Waals surface area contributed by atoms with Gasteiger partial charge in [0.2, 0.25) is 5.91 Å². The summed E-state index contributed by atoms with van der Waals surface area (Å²) in [6.07, 6.45) is 0.902. The Kier molecular flexibility index (Phi) is 5.65. The zero-order valence-corrected chi connectivity index (χ0v) is 10.5. The van der Waals surface area contributed by atoms with Crippen LogP contribution in [0.3, 0.4) is 0 Å². The Labute approximate surface area is 104 Å². The van der Waals surface area contributed by atoms with Gasteiger partial charge in [0.05, 0.1) is 6.54 Å². The van der Waals surface area contributed by atoms with Crippen LogP contribution in [0.15, 0.2) is 11.4 Å². The zero-order chi connectivity index (χ0) is 12.7. The molecule has 1 rings (SSSR count). The number of nitrogens with one attached hydrogen (secondary N) is 2. The highest BCUT2D eigenvalue weighted by Crippen LogP contribution is 2.16. The summed E-state index contributed by atoms with van der Waals surface area (Å²) < 4.78 is 0. The predicted molar refractivity (Wildman–Crippen MR) is 66.3 cm³/mol. The molecular formula is C11H16N2O3S. The van der Waals surface area contributed by atoms with Crippen molar-refractivity contribution in [3.63, 3.8) is 0 Å². The number of hydrogen-bond donors (Lipinski definition) is 3. The van der Waals surface area contributed by atoms with E-state index >= 15 is 0 Å². The third kappa shape index (κ3) is 4.54. The van der Waals surface area contributed by atoms with Crippen LogP contribution in [0.5, 0.6) is 0 Å². The summed E-state index contributed by atoms with van der Waals surface area (Å²) in [4.78, 5) is 22.4. The van der Waals surface area contributed by atoms with E-state index in [0.717, 1.165) is 6.42 Å². The number of rotatable bonds is 7. The summed E-state index contributed by atoms with van der Waals surface area (Å²) in [5, 5.41) is 16.3. The molecule has 0 spiro atoms. The molecule has 5 nitrogen and oxygen atoms in total. The van der Waals surface area contributed by atoms with Crippen LogP contribution in [-0.2, 0) is 11.3 Å². The molecule has 0 aliphatic rings. The van der Waals surface area contributed by atoms with Gasteiger partial charge >= 0.3 is 5.97 Å². The lowest BCUT2D eigenvalue weighted by molar-refractivity contribution is -0.120. The van der Waals surface area contributed by atoms with Crippen LogP contribution in [0.2, 0.25) is 0 Å². The average Bonchev–Trinajstić information content (AvgIpc) is 2.74. The summed E-state index contributed by atoms with van der Waals surface area (Å²) in [7, 11) is 0. The van der Waals surface area contributed by atoms with Crippen LogP contribution in [-0.4, -0.2) is 30.1 Å². The molecule has 0 bridgehead atoms. The van der Waals surface area contributed by atoms with Crippen LogP contribution < -0.4 is 10.6 Å². The fourth-order valence-corrected chi connectivity index (χ4v) is 2.06. The Morgan fingerprint density at radius 3 is 2.88 bits per heavy atom. The van der Waals surface area contributed by atoms with Crippen LogP contribution in [0.4, 0.5) is 0 Å². The minimum atomic E-state index is -0.924. The fourth-order valence-electron chi connectivity index (χ4n) is 1.30. The van der Waals surface area contributed by atoms with Gasteiger partial charge in [0, 0.05) is 13.1 Å². The van der Waals surface area contributed by atoms with E-state index in [1.54, 1.807) is 11.4 Å². The van der Waals surface area contributed by atoms with Gasteiger partial charge in [-0.25, -0.2) is 4.79 Å². The van der Waals surface area contributed by atoms with Crippen molar-refractivity contribution in [1.29, 1.82) is 0 Å². The molecule has 0 saturated heterocycles. The molecule has 0 aromatic carbocycles. The summed E-state index contributed by atoms with van der Waals surface area (Å²) >= 11 is 1.19. The first-order valence-electron chi connectivity index (χ1n) is 5.42. The molecule has 6 heteroatoms. The largest absolute Gasteiger partial charge is 0.477 e. The van der Waals surface area contributed by atoms with E-state index in [2.05, 4.69) is 10.6 Å². The molecule has 3 N–H and O–H groups in total. The Morgan fingerprint density at radius 2 is 2.24 bits per heavy atom. The van der Waals surface area contributed by atoms with E-state index in [4.69, 9.17) is 5.11 Å². The lowest BCUT2D eigenvalue weighted by atomic mass is 10.2. The van der Waals surface area contributed by atoms with E-state index in [0.29, 0.717) is 23.5 Å². The highest BCUT2D eigenvalue weighted by molar-refractivity contribution is 7.12. The molecule has 1 aromatic heterocycles. The van der Waals surface area contributed by atoms with Crippen molar-refractivity contribution in [2.24, 2.45) is 0 Å². The second-order valence-electron chi connectivity index (χ2n) is 3.53. The van der Waals surface area contributed by atoms with Crippen molar-refractivity contribution in [3.05, 3.63) is 21.9 Å². The van der Waals surface area contributed by atoms with E-state index < -0.39 is 5.97 Å². The standard InChI is InChI=1S/C11H16N2O3S/c1-2-4-13-9(14)7-12-6-8-3-5-17-10(8)11(15)16/h3,5,12H,2,4,6-7H2,1H3,(H,13,14)(H,15,16). The topological polar surface area (TPSA) is 78.4 Å². The molecule has 0 aliphatic carbocycles. The van der Waals surface area contributed by atoms with Crippen molar-refractivity contribution in [2.45, 2.75) is 19.9 Å². The molecule has 0 aliphatic heterocycles. The minimum absolute atomic E-state index is 0.0704. The zero-order valence-electron chi connectivity index (χ0n) is 9.66. The first-order chi connectivity index (χ1) is 8.15. The third-order valence-electron chi connectivity index (χ3n) is 2.11. The monoisotopic (exact) mass is 256 g/mol. The Balaban J connectivity index is 2.33. The maximum atomic E-state index is 11.3. The van der Waals surface area contributed by atoms with Crippen LogP contribution >= 0.6 is 11.3 Å². The normalized spacial score (nSPS) is 10.2. The molecule has 94 valence electrons. The van der Waals surface area contributed by atoms with Gasteiger partial charge in [0.15, 0.2) is 0 Å². The number of carboxylic acid groups (broad SMARTS) is 1. The summed E-state index contributed by atoms with van der Waals surface area (Å²) in [5.41, 5.74) is 0.714. The highest BCUT2D eigenvalue weighted by Gasteiger charge is 2.11. The van der Waals surface area contributed by atoms with Crippen molar-refractivity contribution in [2.75, 3.05) is 13.1 Å². The smallest absolute Gasteiger partial charge is 0.346 e. The number of carbonyl (C=O) groups excluding carboxylic acids is 1. The molecule has 0 radical (unpaired) electrons. The third-order valence-corrected chi connectivity index (χ3v) is 3.06.